The zero-order valence-electron chi connectivity index (χ0n) is 15.1. The fourth-order valence-corrected chi connectivity index (χ4v) is 5.32. The minimum atomic E-state index is 0.0232. The van der Waals surface area contributed by atoms with E-state index in [0.29, 0.717) is 5.16 Å². The molecule has 0 aliphatic carbocycles. The van der Waals surface area contributed by atoms with Gasteiger partial charge in [-0.3, -0.25) is 14.3 Å². The molecule has 136 valence electrons. The highest BCUT2D eigenvalue weighted by atomic mass is 32.2. The summed E-state index contributed by atoms with van der Waals surface area (Å²) in [6, 6.07) is 7.59. The molecule has 0 bridgehead atoms. The predicted octanol–water partition coefficient (Wildman–Crippen LogP) is 3.56. The molecule has 0 fully saturated rings. The minimum Gasteiger partial charge on any atom is -0.497 e. The normalized spacial score (nSPS) is 14.6. The van der Waals surface area contributed by atoms with Crippen molar-refractivity contribution in [2.24, 2.45) is 0 Å². The van der Waals surface area contributed by atoms with Gasteiger partial charge < -0.3 is 4.74 Å². The van der Waals surface area contributed by atoms with Gasteiger partial charge in [-0.2, -0.15) is 0 Å². The summed E-state index contributed by atoms with van der Waals surface area (Å²) < 4.78 is 7.05. The first-order valence-electron chi connectivity index (χ1n) is 8.64. The fourth-order valence-electron chi connectivity index (χ4n) is 3.46. The van der Waals surface area contributed by atoms with Crippen LogP contribution < -0.4 is 10.3 Å². The van der Waals surface area contributed by atoms with Crippen LogP contribution >= 0.6 is 23.1 Å². The number of likely N-dealkylation sites (N-methyl/N-ethyl adjacent to an activating group) is 1. The number of thiophene rings is 1. The lowest BCUT2D eigenvalue weighted by Gasteiger charge is -2.25. The van der Waals surface area contributed by atoms with Crippen LogP contribution in [0.3, 0.4) is 0 Å². The molecule has 26 heavy (non-hydrogen) atoms. The van der Waals surface area contributed by atoms with Crippen LogP contribution in [0.15, 0.2) is 34.2 Å². The number of methoxy groups -OCH3 is 1. The number of fused-ring (bicyclic) bond motifs is 3. The van der Waals surface area contributed by atoms with E-state index in [9.17, 15) is 4.79 Å². The maximum Gasteiger partial charge on any atom is 0.267 e. The minimum absolute atomic E-state index is 0.0232. The lowest BCUT2D eigenvalue weighted by atomic mass is 10.1. The first kappa shape index (κ1) is 17.6. The molecule has 1 aliphatic rings. The van der Waals surface area contributed by atoms with Crippen molar-refractivity contribution < 1.29 is 4.74 Å². The Morgan fingerprint density at radius 2 is 2.23 bits per heavy atom. The van der Waals surface area contributed by atoms with Crippen molar-refractivity contribution in [2.45, 2.75) is 25.0 Å². The smallest absolute Gasteiger partial charge is 0.267 e. The summed E-state index contributed by atoms with van der Waals surface area (Å²) >= 11 is 3.16. The van der Waals surface area contributed by atoms with Crippen LogP contribution in [0.5, 0.6) is 5.75 Å². The van der Waals surface area contributed by atoms with E-state index in [0.717, 1.165) is 47.7 Å². The summed E-state index contributed by atoms with van der Waals surface area (Å²) in [5, 5.41) is 1.50. The number of benzene rings is 1. The van der Waals surface area contributed by atoms with Crippen LogP contribution in [0, 0.1) is 0 Å². The fraction of sp³-hybridized carbons (Fsp3) is 0.368. The maximum absolute atomic E-state index is 13.5. The SMILES string of the molecule is CCN1CCc2c(sc3nc(SC)n(-c4cccc(OC)c4)c(=O)c23)C1. The number of ether oxygens (including phenoxy) is 1. The second-order valence-corrected chi connectivity index (χ2v) is 8.10. The van der Waals surface area contributed by atoms with Crippen molar-refractivity contribution >= 4 is 33.3 Å². The Morgan fingerprint density at radius 1 is 1.38 bits per heavy atom. The van der Waals surface area contributed by atoms with Gasteiger partial charge in [-0.05, 0) is 36.9 Å². The first-order chi connectivity index (χ1) is 12.7. The Labute approximate surface area is 160 Å². The topological polar surface area (TPSA) is 47.4 Å². The van der Waals surface area contributed by atoms with Crippen LogP contribution in [0.4, 0.5) is 0 Å². The van der Waals surface area contributed by atoms with Crippen LogP contribution in [0.25, 0.3) is 15.9 Å². The number of aromatic nitrogens is 2. The van der Waals surface area contributed by atoms with E-state index in [1.54, 1.807) is 23.0 Å². The van der Waals surface area contributed by atoms with Gasteiger partial charge in [-0.1, -0.05) is 24.8 Å². The molecule has 0 saturated heterocycles. The van der Waals surface area contributed by atoms with E-state index < -0.39 is 0 Å². The number of rotatable bonds is 4. The van der Waals surface area contributed by atoms with Gasteiger partial charge >= 0.3 is 0 Å². The van der Waals surface area contributed by atoms with E-state index >= 15 is 0 Å². The van der Waals surface area contributed by atoms with Gasteiger partial charge in [0.15, 0.2) is 5.16 Å². The summed E-state index contributed by atoms with van der Waals surface area (Å²) in [7, 11) is 1.63. The monoisotopic (exact) mass is 387 g/mol. The zero-order valence-corrected chi connectivity index (χ0v) is 16.7. The molecule has 3 heterocycles. The summed E-state index contributed by atoms with van der Waals surface area (Å²) in [6.07, 6.45) is 2.87. The molecule has 1 aliphatic heterocycles. The van der Waals surface area contributed by atoms with Crippen LogP contribution in [0.1, 0.15) is 17.4 Å². The molecule has 0 radical (unpaired) electrons. The number of thioether (sulfide) groups is 1. The molecule has 7 heteroatoms. The highest BCUT2D eigenvalue weighted by molar-refractivity contribution is 7.98. The quantitative estimate of drug-likeness (QED) is 0.506. The Bertz CT molecular complexity index is 1030. The van der Waals surface area contributed by atoms with Crippen molar-refractivity contribution in [2.75, 3.05) is 26.5 Å². The molecular weight excluding hydrogens is 366 g/mol. The van der Waals surface area contributed by atoms with Crippen LogP contribution in [-0.2, 0) is 13.0 Å². The van der Waals surface area contributed by atoms with Crippen molar-refractivity contribution in [1.82, 2.24) is 14.5 Å². The number of nitrogens with zero attached hydrogens (tertiary/aromatic N) is 3. The first-order valence-corrected chi connectivity index (χ1v) is 10.7. The third-order valence-electron chi connectivity index (χ3n) is 4.86. The summed E-state index contributed by atoms with van der Waals surface area (Å²) in [5.74, 6) is 0.729. The van der Waals surface area contributed by atoms with E-state index in [1.165, 1.54) is 22.2 Å². The highest BCUT2D eigenvalue weighted by Crippen LogP contribution is 2.34. The molecule has 0 unspecified atom stereocenters. The average Bonchev–Trinajstić information content (AvgIpc) is 3.05. The highest BCUT2D eigenvalue weighted by Gasteiger charge is 2.24. The van der Waals surface area contributed by atoms with Crippen LogP contribution in [0.2, 0.25) is 0 Å². The molecule has 2 aromatic heterocycles. The van der Waals surface area contributed by atoms with Gasteiger partial charge in [-0.25, -0.2) is 4.98 Å². The van der Waals surface area contributed by atoms with Gasteiger partial charge in [-0.15, -0.1) is 11.3 Å². The molecule has 0 atom stereocenters. The molecular formula is C19H21N3O2S2. The van der Waals surface area contributed by atoms with E-state index in [2.05, 4.69) is 11.8 Å². The molecule has 0 N–H and O–H groups in total. The van der Waals surface area contributed by atoms with Crippen LogP contribution in [-0.4, -0.2) is 40.9 Å². The van der Waals surface area contributed by atoms with Gasteiger partial charge in [0, 0.05) is 24.0 Å². The second kappa shape index (κ2) is 7.06. The largest absolute Gasteiger partial charge is 0.497 e. The van der Waals surface area contributed by atoms with Gasteiger partial charge in [0.05, 0.1) is 18.2 Å². The number of hydrogen-bond acceptors (Lipinski definition) is 6. The standard InChI is InChI=1S/C19H21N3O2S2/c1-4-21-9-8-14-15(11-21)26-17-16(14)18(23)22(19(20-17)25-3)12-6-5-7-13(10-12)24-2/h5-7,10H,4,8-9,11H2,1-3H3. The zero-order chi connectivity index (χ0) is 18.3. The lowest BCUT2D eigenvalue weighted by Crippen LogP contribution is -2.30. The van der Waals surface area contributed by atoms with E-state index in [-0.39, 0.29) is 5.56 Å². The Balaban J connectivity index is 1.96. The van der Waals surface area contributed by atoms with Crippen molar-refractivity contribution in [1.29, 1.82) is 0 Å². The Morgan fingerprint density at radius 3 is 2.96 bits per heavy atom. The third-order valence-corrected chi connectivity index (χ3v) is 6.61. The van der Waals surface area contributed by atoms with Crippen molar-refractivity contribution in [3.63, 3.8) is 0 Å². The van der Waals surface area contributed by atoms with E-state index in [4.69, 9.17) is 9.72 Å². The van der Waals surface area contributed by atoms with Gasteiger partial charge in [0.1, 0.15) is 10.6 Å². The summed E-state index contributed by atoms with van der Waals surface area (Å²) in [6.45, 7) is 5.13. The predicted molar refractivity (Wildman–Crippen MR) is 108 cm³/mol. The summed E-state index contributed by atoms with van der Waals surface area (Å²) in [5.41, 5.74) is 2.01. The second-order valence-electron chi connectivity index (χ2n) is 6.24. The van der Waals surface area contributed by atoms with Gasteiger partial charge in [0.25, 0.3) is 5.56 Å². The Hall–Kier alpha value is -1.83. The van der Waals surface area contributed by atoms with Crippen molar-refractivity contribution in [3.05, 3.63) is 45.1 Å². The molecule has 0 saturated carbocycles. The molecule has 0 amide bonds. The molecule has 4 rings (SSSR count). The Kier molecular flexibility index (Phi) is 4.77. The molecule has 1 aromatic carbocycles. The number of hydrogen-bond donors (Lipinski definition) is 0. The lowest BCUT2D eigenvalue weighted by molar-refractivity contribution is 0.272. The molecule has 5 nitrogen and oxygen atoms in total. The third kappa shape index (κ3) is 2.84. The van der Waals surface area contributed by atoms with E-state index in [1.807, 2.05) is 30.5 Å². The average molecular weight is 388 g/mol. The molecule has 0 spiro atoms. The van der Waals surface area contributed by atoms with Gasteiger partial charge in [0.2, 0.25) is 0 Å². The summed E-state index contributed by atoms with van der Waals surface area (Å²) in [4.78, 5) is 22.8. The molecule has 3 aromatic rings. The van der Waals surface area contributed by atoms with Crippen molar-refractivity contribution in [3.8, 4) is 11.4 Å². The maximum atomic E-state index is 13.5.